The fourth-order valence-corrected chi connectivity index (χ4v) is 7.49. The Morgan fingerprint density at radius 3 is 2.30 bits per heavy atom. The van der Waals surface area contributed by atoms with E-state index in [1.807, 2.05) is 0 Å². The summed E-state index contributed by atoms with van der Waals surface area (Å²) in [5, 5.41) is 3.23. The number of aromatic nitrogens is 1. The highest BCUT2D eigenvalue weighted by Crippen LogP contribution is 2.37. The van der Waals surface area contributed by atoms with Crippen LogP contribution in [-0.4, -0.2) is 44.1 Å². The predicted molar refractivity (Wildman–Crippen MR) is 139 cm³/mol. The Hall–Kier alpha value is -1.95. The minimum Gasteiger partial charge on any atom is -0.381 e. The highest BCUT2D eigenvalue weighted by atomic mass is 32.2. The Kier molecular flexibility index (Phi) is 8.67. The van der Waals surface area contributed by atoms with Crippen molar-refractivity contribution < 1.29 is 26.7 Å². The number of amides is 1. The van der Waals surface area contributed by atoms with Gasteiger partial charge >= 0.3 is 0 Å². The van der Waals surface area contributed by atoms with Crippen LogP contribution in [0, 0.1) is 17.6 Å². The first kappa shape index (κ1) is 28.1. The first-order valence-electron chi connectivity index (χ1n) is 12.8. The van der Waals surface area contributed by atoms with Crippen LogP contribution in [0.15, 0.2) is 17.0 Å². The summed E-state index contributed by atoms with van der Waals surface area (Å²) in [5.41, 5.74) is -0.108. The van der Waals surface area contributed by atoms with Gasteiger partial charge in [-0.25, -0.2) is 26.9 Å². The lowest BCUT2D eigenvalue weighted by atomic mass is 9.85. The maximum Gasteiger partial charge on any atom is 0.280 e. The number of rotatable bonds is 7. The van der Waals surface area contributed by atoms with E-state index >= 15 is 8.78 Å². The van der Waals surface area contributed by atoms with Crippen LogP contribution in [0.2, 0.25) is 0 Å². The SMILES string of the molecule is CC(C)(C)NS(=O)(=O)c1c(F)cc(-c2sc(C(=O)NC3CCOCC3)nc2CC2CCCCC2)cc1F. The molecule has 2 fully saturated rings. The van der Waals surface area contributed by atoms with Crippen LogP contribution in [0.4, 0.5) is 8.78 Å². The molecular formula is C26H35F2N3O4S2. The van der Waals surface area contributed by atoms with Gasteiger partial charge in [0.2, 0.25) is 10.0 Å². The fraction of sp³-hybridized carbons (Fsp3) is 0.615. The molecule has 0 atom stereocenters. The molecule has 2 aromatic rings. The van der Waals surface area contributed by atoms with Crippen molar-refractivity contribution in [1.29, 1.82) is 0 Å². The molecule has 4 rings (SSSR count). The van der Waals surface area contributed by atoms with Gasteiger partial charge < -0.3 is 10.1 Å². The predicted octanol–water partition coefficient (Wildman–Crippen LogP) is 5.20. The number of hydrogen-bond donors (Lipinski definition) is 2. The van der Waals surface area contributed by atoms with E-state index in [2.05, 4.69) is 15.0 Å². The molecule has 204 valence electrons. The largest absolute Gasteiger partial charge is 0.381 e. The minimum atomic E-state index is -4.42. The molecular weight excluding hydrogens is 520 g/mol. The summed E-state index contributed by atoms with van der Waals surface area (Å²) in [6.07, 6.45) is 7.55. The van der Waals surface area contributed by atoms with Gasteiger partial charge in [-0.2, -0.15) is 0 Å². The van der Waals surface area contributed by atoms with Gasteiger partial charge in [0, 0.05) is 24.8 Å². The zero-order valence-electron chi connectivity index (χ0n) is 21.5. The first-order valence-corrected chi connectivity index (χ1v) is 15.1. The maximum absolute atomic E-state index is 15.2. The number of carbonyl (C=O) groups excluding carboxylic acids is 1. The third-order valence-corrected chi connectivity index (χ3v) is 9.58. The normalized spacial score (nSPS) is 18.2. The van der Waals surface area contributed by atoms with Crippen LogP contribution in [0.5, 0.6) is 0 Å². The van der Waals surface area contributed by atoms with Gasteiger partial charge in [-0.3, -0.25) is 4.79 Å². The fourth-order valence-electron chi connectivity index (χ4n) is 4.97. The lowest BCUT2D eigenvalue weighted by Gasteiger charge is -2.22. The number of hydrogen-bond acceptors (Lipinski definition) is 6. The van der Waals surface area contributed by atoms with Gasteiger partial charge in [0.1, 0.15) is 11.6 Å². The molecule has 0 spiro atoms. The number of benzene rings is 1. The molecule has 2 heterocycles. The Bertz CT molecular complexity index is 1210. The van der Waals surface area contributed by atoms with E-state index in [0.717, 1.165) is 49.2 Å². The number of thiazole rings is 1. The lowest BCUT2D eigenvalue weighted by Crippen LogP contribution is -2.41. The summed E-state index contributed by atoms with van der Waals surface area (Å²) in [4.78, 5) is 17.1. The molecule has 1 aromatic heterocycles. The second kappa shape index (κ2) is 11.4. The van der Waals surface area contributed by atoms with Crippen LogP contribution in [0.3, 0.4) is 0 Å². The van der Waals surface area contributed by atoms with Gasteiger partial charge in [-0.1, -0.05) is 32.1 Å². The quantitative estimate of drug-likeness (QED) is 0.490. The number of nitrogens with one attached hydrogen (secondary N) is 2. The first-order chi connectivity index (χ1) is 17.4. The van der Waals surface area contributed by atoms with Crippen LogP contribution in [0.1, 0.15) is 81.2 Å². The van der Waals surface area contributed by atoms with E-state index in [4.69, 9.17) is 4.74 Å². The van der Waals surface area contributed by atoms with E-state index in [-0.39, 0.29) is 22.5 Å². The molecule has 7 nitrogen and oxygen atoms in total. The smallest absolute Gasteiger partial charge is 0.280 e. The van der Waals surface area contributed by atoms with E-state index in [1.165, 1.54) is 6.42 Å². The van der Waals surface area contributed by atoms with Crippen LogP contribution in [0.25, 0.3) is 10.4 Å². The van der Waals surface area contributed by atoms with E-state index in [9.17, 15) is 13.2 Å². The van der Waals surface area contributed by atoms with Crippen molar-refractivity contribution in [3.05, 3.63) is 34.5 Å². The summed E-state index contributed by atoms with van der Waals surface area (Å²) < 4.78 is 63.4. The highest BCUT2D eigenvalue weighted by Gasteiger charge is 2.31. The van der Waals surface area contributed by atoms with Gasteiger partial charge in [-0.15, -0.1) is 11.3 Å². The minimum absolute atomic E-state index is 0.00918. The number of ether oxygens (including phenoxy) is 1. The Labute approximate surface area is 221 Å². The van der Waals surface area contributed by atoms with Gasteiger partial charge in [0.15, 0.2) is 9.90 Å². The number of carbonyl (C=O) groups is 1. The van der Waals surface area contributed by atoms with Crippen molar-refractivity contribution >= 4 is 27.3 Å². The van der Waals surface area contributed by atoms with Crippen molar-refractivity contribution in [2.45, 2.75) is 88.6 Å². The molecule has 2 N–H and O–H groups in total. The van der Waals surface area contributed by atoms with Gasteiger partial charge in [0.25, 0.3) is 5.91 Å². The van der Waals surface area contributed by atoms with Crippen molar-refractivity contribution in [2.24, 2.45) is 5.92 Å². The standard InChI is InChI=1S/C26H35F2N3O4S2/c1-26(2,3)31-37(33,34)23-19(27)14-17(15-20(23)28)22-21(13-16-7-5-4-6-8-16)30-25(36-22)24(32)29-18-9-11-35-12-10-18/h14-16,18,31H,4-13H2,1-3H3,(H,29,32). The average Bonchev–Trinajstić information content (AvgIpc) is 3.22. The van der Waals surface area contributed by atoms with E-state index in [0.29, 0.717) is 49.0 Å². The average molecular weight is 556 g/mol. The molecule has 1 amide bonds. The second-order valence-electron chi connectivity index (χ2n) is 11.0. The number of halogens is 2. The second-order valence-corrected chi connectivity index (χ2v) is 13.6. The Morgan fingerprint density at radius 1 is 1.08 bits per heavy atom. The van der Waals surface area contributed by atoms with Gasteiger partial charge in [-0.05, 0) is 63.6 Å². The summed E-state index contributed by atoms with van der Waals surface area (Å²) in [6, 6.07) is 2.04. The molecule has 0 bridgehead atoms. The van der Waals surface area contributed by atoms with Crippen molar-refractivity contribution in [2.75, 3.05) is 13.2 Å². The highest BCUT2D eigenvalue weighted by molar-refractivity contribution is 7.89. The summed E-state index contributed by atoms with van der Waals surface area (Å²) >= 11 is 1.09. The van der Waals surface area contributed by atoms with Crippen molar-refractivity contribution in [1.82, 2.24) is 15.0 Å². The van der Waals surface area contributed by atoms with E-state index in [1.54, 1.807) is 20.8 Å². The van der Waals surface area contributed by atoms with Crippen LogP contribution < -0.4 is 10.0 Å². The molecule has 11 heteroatoms. The molecule has 0 unspecified atom stereocenters. The lowest BCUT2D eigenvalue weighted by molar-refractivity contribution is 0.0696. The maximum atomic E-state index is 15.2. The van der Waals surface area contributed by atoms with Crippen LogP contribution >= 0.6 is 11.3 Å². The summed E-state index contributed by atoms with van der Waals surface area (Å²) in [6.45, 7) is 5.95. The molecule has 2 aliphatic rings. The third-order valence-electron chi connectivity index (χ3n) is 6.62. The summed E-state index contributed by atoms with van der Waals surface area (Å²) in [5.74, 6) is -2.30. The molecule has 1 aromatic carbocycles. The third kappa shape index (κ3) is 7.13. The van der Waals surface area contributed by atoms with E-state index < -0.39 is 32.1 Å². The van der Waals surface area contributed by atoms with Crippen molar-refractivity contribution in [3.63, 3.8) is 0 Å². The summed E-state index contributed by atoms with van der Waals surface area (Å²) in [7, 11) is -4.42. The zero-order chi connectivity index (χ0) is 26.8. The molecule has 1 aliphatic carbocycles. The number of sulfonamides is 1. The molecule has 0 radical (unpaired) electrons. The molecule has 37 heavy (non-hydrogen) atoms. The number of nitrogens with zero attached hydrogens (tertiary/aromatic N) is 1. The molecule has 1 saturated carbocycles. The van der Waals surface area contributed by atoms with Crippen molar-refractivity contribution in [3.8, 4) is 10.4 Å². The van der Waals surface area contributed by atoms with Gasteiger partial charge in [0.05, 0.1) is 10.6 Å². The zero-order valence-corrected chi connectivity index (χ0v) is 23.2. The molecule has 1 aliphatic heterocycles. The van der Waals surface area contributed by atoms with Crippen LogP contribution in [-0.2, 0) is 21.2 Å². The Balaban J connectivity index is 1.68. The Morgan fingerprint density at radius 2 is 1.70 bits per heavy atom. The topological polar surface area (TPSA) is 97.4 Å². The molecule has 1 saturated heterocycles. The monoisotopic (exact) mass is 555 g/mol.